The summed E-state index contributed by atoms with van der Waals surface area (Å²) >= 11 is 0. The summed E-state index contributed by atoms with van der Waals surface area (Å²) in [6.07, 6.45) is 11.7. The number of carboxylic acid groups (broad SMARTS) is 2. The van der Waals surface area contributed by atoms with Crippen LogP contribution in [0.3, 0.4) is 0 Å². The first-order valence-electron chi connectivity index (χ1n) is 20.9. The standard InChI is InChI=1S/4C11H9N2O2.2C2H4O2.2ClHO4.8H2O.4Zn/c4*14-11(15,9-5-1-3-7-12-9)10-6-2-4-8-13-10;2*1-2(3)4;2*2-1(3,4)5;;;;;;;;;;;;/h4*1-8,14H;2*1H3,(H,3,4);2*(H,2,3,4,5);8*1H2;;;;/q4*-1;;;;;;;;;;;;;4*+2/p-4. The fourth-order valence-electron chi connectivity index (χ4n) is 5.03. The van der Waals surface area contributed by atoms with Crippen molar-refractivity contribution >= 4 is 11.9 Å². The SMILES string of the molecule is CC(=O)[O-].CC(=O)[O-].O.O.O.O.O.O.O.O.[O-]C(O)(c1ccccn1)c1ccccn1.[O-]C(O)(c1ccccn1)c1ccccn1.[O-]C(O)(c1ccccn1)c1ccccn1.[O-]C(O)(c1ccccn1)c1ccccn1.[O-][Cl+3]([O-])([O-])[O-].[O-][Cl+3]([O-])([O-])[O-].[Zn+2].[Zn+2].[Zn+2].[Zn+2]. The maximum Gasteiger partial charge on any atom is 2.00 e. The normalized spacial score (nSPS) is 9.44. The number of hydrogen-bond donors (Lipinski definition) is 4. The molecule has 0 aliphatic rings. The number of aliphatic carboxylic acids is 2. The van der Waals surface area contributed by atoms with Crippen LogP contribution in [0, 0.1) is 20.5 Å². The molecular weight excluding hydrogens is 1470 g/mol. The van der Waals surface area contributed by atoms with Crippen LogP contribution in [0.1, 0.15) is 59.4 Å². The summed E-state index contributed by atoms with van der Waals surface area (Å²) in [6, 6.07) is 38.4. The summed E-state index contributed by atoms with van der Waals surface area (Å²) < 4.78 is 67.9. The van der Waals surface area contributed by atoms with Crippen molar-refractivity contribution in [3.8, 4) is 0 Å². The first kappa shape index (κ1) is 112. The third kappa shape index (κ3) is 48.1. The van der Waals surface area contributed by atoms with Gasteiger partial charge >= 0.3 is 77.9 Å². The fourth-order valence-corrected chi connectivity index (χ4v) is 5.03. The molecular formula is C48H58Cl2N8O28Zn4. The van der Waals surface area contributed by atoms with Gasteiger partial charge in [0.1, 0.15) is 0 Å². The minimum absolute atomic E-state index is 0. The van der Waals surface area contributed by atoms with Crippen molar-refractivity contribution in [1.82, 2.24) is 39.9 Å². The van der Waals surface area contributed by atoms with Gasteiger partial charge in [0, 0.05) is 61.5 Å². The topological polar surface area (TPSA) is 793 Å². The van der Waals surface area contributed by atoms with E-state index in [4.69, 9.17) is 57.1 Å². The predicted molar refractivity (Wildman–Crippen MR) is 256 cm³/mol. The number of carbonyl (C=O) groups is 2. The van der Waals surface area contributed by atoms with E-state index >= 15 is 0 Å². The number of pyridine rings is 8. The molecule has 0 aliphatic carbocycles. The van der Waals surface area contributed by atoms with Crippen LogP contribution < -0.4 is 67.9 Å². The Morgan fingerprint density at radius 1 is 0.289 bits per heavy atom. The van der Waals surface area contributed by atoms with Crippen LogP contribution in [-0.4, -0.2) is 116 Å². The average Bonchev–Trinajstić information content (AvgIpc) is 3.40. The van der Waals surface area contributed by atoms with Gasteiger partial charge in [0.25, 0.3) is 0 Å². The zero-order chi connectivity index (χ0) is 59.1. The number of carboxylic acids is 2. The second-order valence-electron chi connectivity index (χ2n) is 14.0. The van der Waals surface area contributed by atoms with E-state index in [0.717, 1.165) is 13.8 Å². The number of aromatic nitrogens is 8. The Morgan fingerprint density at radius 3 is 0.422 bits per heavy atom. The molecule has 0 aromatic carbocycles. The van der Waals surface area contributed by atoms with Gasteiger partial charge < -0.3 is 104 Å². The monoisotopic (exact) mass is 1520 g/mol. The smallest absolute Gasteiger partial charge is 0.819 e. The Bertz CT molecular complexity index is 2340. The third-order valence-corrected chi connectivity index (χ3v) is 8.10. The van der Waals surface area contributed by atoms with Crippen LogP contribution in [0.2, 0.25) is 0 Å². The zero-order valence-corrected chi connectivity index (χ0v) is 60.3. The summed E-state index contributed by atoms with van der Waals surface area (Å²) in [7, 11) is -9.89. The first-order chi connectivity index (χ1) is 36.3. The Labute approximate surface area is 565 Å². The Morgan fingerprint density at radius 2 is 0.367 bits per heavy atom. The second kappa shape index (κ2) is 56.0. The minimum atomic E-state index is -4.94. The molecule has 8 rings (SSSR count). The maximum absolute atomic E-state index is 11.9. The summed E-state index contributed by atoms with van der Waals surface area (Å²) in [4.78, 5) is 48.4. The van der Waals surface area contributed by atoms with Gasteiger partial charge in [-0.3, -0.25) is 39.9 Å². The van der Waals surface area contributed by atoms with Gasteiger partial charge in [0.15, 0.2) is 0 Å². The molecule has 0 saturated heterocycles. The van der Waals surface area contributed by atoms with Crippen LogP contribution in [0.25, 0.3) is 0 Å². The van der Waals surface area contributed by atoms with Gasteiger partial charge in [-0.05, 0) is 111 Å². The number of rotatable bonds is 8. The number of hydrogen-bond acceptors (Lipinski definition) is 28. The third-order valence-electron chi connectivity index (χ3n) is 8.10. The van der Waals surface area contributed by atoms with Crippen molar-refractivity contribution in [2.75, 3.05) is 0 Å². The first-order valence-corrected chi connectivity index (χ1v) is 23.4. The Hall–Kier alpha value is -5.75. The molecule has 0 unspecified atom stereocenters. The molecule has 0 spiro atoms. The Kier molecular flexibility index (Phi) is 69.7. The van der Waals surface area contributed by atoms with E-state index in [-0.39, 0.29) is 167 Å². The molecule has 0 aliphatic heterocycles. The maximum atomic E-state index is 11.9. The van der Waals surface area contributed by atoms with E-state index in [1.165, 1.54) is 98.1 Å². The van der Waals surface area contributed by atoms with Crippen molar-refractivity contribution in [3.05, 3.63) is 241 Å². The number of halogens is 2. The van der Waals surface area contributed by atoms with E-state index in [1.54, 1.807) is 97.1 Å². The summed E-state index contributed by atoms with van der Waals surface area (Å²) in [5.74, 6) is -11.7. The van der Waals surface area contributed by atoms with Gasteiger partial charge in [0.05, 0.1) is 68.7 Å². The van der Waals surface area contributed by atoms with Gasteiger partial charge in [-0.25, -0.2) is 37.3 Å². The summed E-state index contributed by atoms with van der Waals surface area (Å²) in [5, 5.41) is 105. The van der Waals surface area contributed by atoms with E-state index in [9.17, 15) is 40.9 Å². The molecule has 0 bridgehead atoms. The summed E-state index contributed by atoms with van der Waals surface area (Å²) in [6.45, 7) is 1.94. The van der Waals surface area contributed by atoms with E-state index in [1.807, 2.05) is 0 Å². The minimum Gasteiger partial charge on any atom is -0.819 e. The number of nitrogens with zero attached hydrogens (tertiary/aromatic N) is 8. The number of carbonyl (C=O) groups excluding carboxylic acids is 2. The van der Waals surface area contributed by atoms with Crippen molar-refractivity contribution in [2.45, 2.75) is 37.0 Å². The predicted octanol–water partition coefficient (Wildman–Crippen LogP) is -18.5. The quantitative estimate of drug-likeness (QED) is 0.0810. The molecule has 480 valence electrons. The van der Waals surface area contributed by atoms with Gasteiger partial charge in [0.2, 0.25) is 0 Å². The molecule has 36 nitrogen and oxygen atoms in total. The second-order valence-corrected chi connectivity index (χ2v) is 15.5. The van der Waals surface area contributed by atoms with Gasteiger partial charge in [-0.15, -0.1) is 20.5 Å². The molecule has 20 N–H and O–H groups in total. The van der Waals surface area contributed by atoms with Crippen LogP contribution >= 0.6 is 0 Å². The molecule has 0 saturated carbocycles. The molecule has 0 atom stereocenters. The van der Waals surface area contributed by atoms with E-state index < -0.39 is 55.6 Å². The van der Waals surface area contributed by atoms with Crippen molar-refractivity contribution in [3.63, 3.8) is 0 Å². The van der Waals surface area contributed by atoms with Crippen LogP contribution in [0.5, 0.6) is 0 Å². The molecule has 8 heterocycles. The molecule has 8 aromatic heterocycles. The van der Waals surface area contributed by atoms with Crippen molar-refractivity contribution < 1.29 is 240 Å². The van der Waals surface area contributed by atoms with Gasteiger partial charge in [-0.2, -0.15) is 0 Å². The molecule has 42 heteroatoms. The van der Waals surface area contributed by atoms with Crippen LogP contribution in [0.4, 0.5) is 0 Å². The fraction of sp³-hybridized carbons (Fsp3) is 0.125. The average molecular weight is 1530 g/mol. The zero-order valence-electron chi connectivity index (χ0n) is 47.0. The molecule has 90 heavy (non-hydrogen) atoms. The molecule has 0 amide bonds. The van der Waals surface area contributed by atoms with Crippen molar-refractivity contribution in [2.24, 2.45) is 0 Å². The molecule has 8 aromatic rings. The van der Waals surface area contributed by atoms with E-state index in [2.05, 4.69) is 39.9 Å². The number of aliphatic hydroxyl groups is 4. The van der Waals surface area contributed by atoms with Crippen molar-refractivity contribution in [1.29, 1.82) is 0 Å². The molecule has 0 radical (unpaired) electrons. The van der Waals surface area contributed by atoms with Crippen LogP contribution in [0.15, 0.2) is 195 Å². The molecule has 0 fully saturated rings. The largest absolute Gasteiger partial charge is 2.00 e. The van der Waals surface area contributed by atoms with Crippen LogP contribution in [-0.2, 0) is 111 Å². The Balaban J connectivity index is -0.0000000793. The summed E-state index contributed by atoms with van der Waals surface area (Å²) in [5.41, 5.74) is 0.361. The van der Waals surface area contributed by atoms with E-state index in [0.29, 0.717) is 0 Å². The van der Waals surface area contributed by atoms with Gasteiger partial charge in [-0.1, -0.05) is 48.5 Å².